The lowest BCUT2D eigenvalue weighted by molar-refractivity contribution is 0.802. The molecule has 5 rings (SSSR count). The average molecular weight is 458 g/mol. The van der Waals surface area contributed by atoms with E-state index in [-0.39, 0.29) is 0 Å². The number of rotatable bonds is 5. The van der Waals surface area contributed by atoms with Gasteiger partial charge in [-0.2, -0.15) is 4.52 Å². The van der Waals surface area contributed by atoms with E-state index in [4.69, 9.17) is 4.98 Å². The standard InChI is InChI=1S/C24H20BrN5/c1-16(17-8-3-2-4-9-17)15-26-23-20-12-5-6-13-21(20)30-24(27-23)22(28-29-30)18-10-7-11-19(25)14-18/h2-14,16H,15H2,1H3,(H,26,27)/t16-/m1/s1. The van der Waals surface area contributed by atoms with Crippen molar-refractivity contribution in [2.45, 2.75) is 12.8 Å². The number of hydrogen-bond donors (Lipinski definition) is 1. The summed E-state index contributed by atoms with van der Waals surface area (Å²) in [5.41, 5.74) is 4.76. The summed E-state index contributed by atoms with van der Waals surface area (Å²) >= 11 is 3.54. The molecule has 1 N–H and O–H groups in total. The Kier molecular flexibility index (Phi) is 4.93. The number of anilines is 1. The fourth-order valence-corrected chi connectivity index (χ4v) is 4.07. The maximum absolute atomic E-state index is 4.95. The molecule has 0 aliphatic rings. The molecule has 0 amide bonds. The maximum atomic E-state index is 4.95. The van der Waals surface area contributed by atoms with E-state index in [0.29, 0.717) is 5.92 Å². The van der Waals surface area contributed by atoms with Gasteiger partial charge in [0.1, 0.15) is 11.5 Å². The van der Waals surface area contributed by atoms with E-state index in [2.05, 4.69) is 74.9 Å². The van der Waals surface area contributed by atoms with Gasteiger partial charge >= 0.3 is 0 Å². The van der Waals surface area contributed by atoms with E-state index < -0.39 is 0 Å². The van der Waals surface area contributed by atoms with Gasteiger partial charge in [0, 0.05) is 22.0 Å². The first kappa shape index (κ1) is 18.8. The van der Waals surface area contributed by atoms with Crippen molar-refractivity contribution in [3.8, 4) is 11.3 Å². The second-order valence-electron chi connectivity index (χ2n) is 7.35. The van der Waals surface area contributed by atoms with Gasteiger partial charge in [0.05, 0.1) is 5.52 Å². The minimum Gasteiger partial charge on any atom is -0.369 e. The molecule has 0 saturated heterocycles. The fourth-order valence-electron chi connectivity index (χ4n) is 3.67. The molecule has 3 aromatic carbocycles. The molecule has 0 bridgehead atoms. The van der Waals surface area contributed by atoms with Crippen LogP contribution in [0.3, 0.4) is 0 Å². The molecule has 0 spiro atoms. The molecule has 0 radical (unpaired) electrons. The molecular weight excluding hydrogens is 438 g/mol. The zero-order chi connectivity index (χ0) is 20.5. The fraction of sp³-hybridized carbons (Fsp3) is 0.125. The summed E-state index contributed by atoms with van der Waals surface area (Å²) < 4.78 is 2.81. The molecule has 2 aromatic heterocycles. The van der Waals surface area contributed by atoms with Gasteiger partial charge in [-0.15, -0.1) is 5.10 Å². The number of benzene rings is 3. The summed E-state index contributed by atoms with van der Waals surface area (Å²) in [5.74, 6) is 1.20. The lowest BCUT2D eigenvalue weighted by atomic mass is 10.0. The van der Waals surface area contributed by atoms with Crippen LogP contribution in [-0.2, 0) is 0 Å². The molecule has 148 valence electrons. The highest BCUT2D eigenvalue weighted by Gasteiger charge is 2.16. The van der Waals surface area contributed by atoms with Crippen LogP contribution in [0.15, 0.2) is 83.3 Å². The topological polar surface area (TPSA) is 55.1 Å². The minimum absolute atomic E-state index is 0.357. The number of nitrogens with zero attached hydrogens (tertiary/aromatic N) is 4. The molecule has 2 heterocycles. The van der Waals surface area contributed by atoms with E-state index in [1.165, 1.54) is 5.56 Å². The normalized spacial score (nSPS) is 12.3. The average Bonchev–Trinajstić information content (AvgIpc) is 3.22. The predicted molar refractivity (Wildman–Crippen MR) is 125 cm³/mol. The Balaban J connectivity index is 1.59. The lowest BCUT2D eigenvalue weighted by Gasteiger charge is -2.15. The summed E-state index contributed by atoms with van der Waals surface area (Å²) in [7, 11) is 0. The molecule has 0 fully saturated rings. The van der Waals surface area contributed by atoms with Crippen molar-refractivity contribution in [1.29, 1.82) is 0 Å². The van der Waals surface area contributed by atoms with E-state index in [1.54, 1.807) is 0 Å². The van der Waals surface area contributed by atoms with E-state index in [1.807, 2.05) is 47.0 Å². The number of para-hydroxylation sites is 1. The van der Waals surface area contributed by atoms with Crippen LogP contribution >= 0.6 is 15.9 Å². The lowest BCUT2D eigenvalue weighted by Crippen LogP contribution is -2.12. The Morgan fingerprint density at radius 1 is 0.967 bits per heavy atom. The molecule has 30 heavy (non-hydrogen) atoms. The zero-order valence-electron chi connectivity index (χ0n) is 16.5. The highest BCUT2D eigenvalue weighted by molar-refractivity contribution is 9.10. The summed E-state index contributed by atoms with van der Waals surface area (Å²) in [6, 6.07) is 26.7. The van der Waals surface area contributed by atoms with Crippen LogP contribution in [0.25, 0.3) is 27.8 Å². The minimum atomic E-state index is 0.357. The van der Waals surface area contributed by atoms with Crippen LogP contribution in [0.2, 0.25) is 0 Å². The monoisotopic (exact) mass is 457 g/mol. The van der Waals surface area contributed by atoms with Crippen LogP contribution in [0, 0.1) is 0 Å². The molecule has 1 atom stereocenters. The SMILES string of the molecule is C[C@H](CNc1nc2c(-c3cccc(Br)c3)nnn2c2ccccc12)c1ccccc1. The molecule has 0 aliphatic carbocycles. The number of hydrogen-bond acceptors (Lipinski definition) is 4. The highest BCUT2D eigenvalue weighted by atomic mass is 79.9. The van der Waals surface area contributed by atoms with Gasteiger partial charge in [-0.05, 0) is 35.7 Å². The second kappa shape index (κ2) is 7.88. The Hall–Kier alpha value is -3.25. The Bertz CT molecular complexity index is 1330. The first-order valence-electron chi connectivity index (χ1n) is 9.89. The van der Waals surface area contributed by atoms with Crippen molar-refractivity contribution in [2.24, 2.45) is 0 Å². The van der Waals surface area contributed by atoms with Gasteiger partial charge in [0.2, 0.25) is 0 Å². The van der Waals surface area contributed by atoms with Crippen molar-refractivity contribution in [2.75, 3.05) is 11.9 Å². The Morgan fingerprint density at radius 2 is 1.77 bits per heavy atom. The van der Waals surface area contributed by atoms with Crippen LogP contribution in [0.5, 0.6) is 0 Å². The first-order valence-corrected chi connectivity index (χ1v) is 10.7. The van der Waals surface area contributed by atoms with Crippen molar-refractivity contribution in [3.05, 3.63) is 88.9 Å². The summed E-state index contributed by atoms with van der Waals surface area (Å²) in [6.07, 6.45) is 0. The van der Waals surface area contributed by atoms with Crippen molar-refractivity contribution < 1.29 is 0 Å². The molecule has 5 aromatic rings. The number of fused-ring (bicyclic) bond motifs is 3. The third-order valence-electron chi connectivity index (χ3n) is 5.29. The highest BCUT2D eigenvalue weighted by Crippen LogP contribution is 2.29. The third-order valence-corrected chi connectivity index (χ3v) is 5.79. The first-order chi connectivity index (χ1) is 14.7. The van der Waals surface area contributed by atoms with Crippen LogP contribution in [-0.4, -0.2) is 26.4 Å². The number of halogens is 1. The van der Waals surface area contributed by atoms with E-state index in [0.717, 1.165) is 44.6 Å². The van der Waals surface area contributed by atoms with Crippen molar-refractivity contribution in [1.82, 2.24) is 19.8 Å². The molecule has 5 nitrogen and oxygen atoms in total. The molecule has 0 unspecified atom stereocenters. The van der Waals surface area contributed by atoms with Gasteiger partial charge in [0.15, 0.2) is 5.65 Å². The third kappa shape index (κ3) is 3.44. The number of nitrogens with one attached hydrogen (secondary N) is 1. The smallest absolute Gasteiger partial charge is 0.186 e. The van der Waals surface area contributed by atoms with Gasteiger partial charge < -0.3 is 5.32 Å². The van der Waals surface area contributed by atoms with Crippen molar-refractivity contribution >= 4 is 38.3 Å². The van der Waals surface area contributed by atoms with E-state index >= 15 is 0 Å². The summed E-state index contributed by atoms with van der Waals surface area (Å²) in [5, 5.41) is 13.4. The summed E-state index contributed by atoms with van der Waals surface area (Å²) in [4.78, 5) is 4.95. The molecule has 0 saturated carbocycles. The van der Waals surface area contributed by atoms with Gasteiger partial charge in [-0.25, -0.2) is 4.98 Å². The zero-order valence-corrected chi connectivity index (χ0v) is 18.0. The molecular formula is C24H20BrN5. The Labute approximate surface area is 182 Å². The van der Waals surface area contributed by atoms with Crippen LogP contribution in [0.1, 0.15) is 18.4 Å². The Morgan fingerprint density at radius 3 is 2.60 bits per heavy atom. The molecule has 6 heteroatoms. The predicted octanol–water partition coefficient (Wildman–Crippen LogP) is 5.92. The van der Waals surface area contributed by atoms with Gasteiger partial charge in [-0.3, -0.25) is 0 Å². The number of aromatic nitrogens is 4. The van der Waals surface area contributed by atoms with Gasteiger partial charge in [-0.1, -0.05) is 82.7 Å². The largest absolute Gasteiger partial charge is 0.369 e. The van der Waals surface area contributed by atoms with Crippen LogP contribution in [0.4, 0.5) is 5.82 Å². The molecule has 0 aliphatic heterocycles. The van der Waals surface area contributed by atoms with Gasteiger partial charge in [0.25, 0.3) is 0 Å². The van der Waals surface area contributed by atoms with Crippen molar-refractivity contribution in [3.63, 3.8) is 0 Å². The summed E-state index contributed by atoms with van der Waals surface area (Å²) in [6.45, 7) is 3.00. The quantitative estimate of drug-likeness (QED) is 0.355. The second-order valence-corrected chi connectivity index (χ2v) is 8.27. The van der Waals surface area contributed by atoms with Crippen LogP contribution < -0.4 is 5.32 Å². The van der Waals surface area contributed by atoms with E-state index in [9.17, 15) is 0 Å². The maximum Gasteiger partial charge on any atom is 0.186 e.